The maximum atomic E-state index is 13.7. The van der Waals surface area contributed by atoms with Crippen molar-refractivity contribution in [3.8, 4) is 0 Å². The van der Waals surface area contributed by atoms with E-state index in [1.807, 2.05) is 13.0 Å². The van der Waals surface area contributed by atoms with Crippen LogP contribution in [0.25, 0.3) is 10.2 Å². The summed E-state index contributed by atoms with van der Waals surface area (Å²) in [6.45, 7) is 1.92. The second kappa shape index (κ2) is 4.96. The Morgan fingerprint density at radius 2 is 2.05 bits per heavy atom. The van der Waals surface area contributed by atoms with Gasteiger partial charge in [0.25, 0.3) is 0 Å². The molecule has 102 valence electrons. The molecule has 0 bridgehead atoms. The van der Waals surface area contributed by atoms with E-state index in [4.69, 9.17) is 11.6 Å². The number of thiophene rings is 1. The predicted molar refractivity (Wildman–Crippen MR) is 76.8 cm³/mol. The summed E-state index contributed by atoms with van der Waals surface area (Å²) < 4.78 is 26.9. The molecular weight excluding hydrogens is 304 g/mol. The predicted octanol–water partition coefficient (Wildman–Crippen LogP) is 4.67. The third kappa shape index (κ3) is 2.32. The number of rotatable bonds is 2. The quantitative estimate of drug-likeness (QED) is 0.699. The summed E-state index contributed by atoms with van der Waals surface area (Å²) in [5.74, 6) is -1.52. The average molecular weight is 312 g/mol. The molecule has 7 heteroatoms. The van der Waals surface area contributed by atoms with Gasteiger partial charge in [-0.25, -0.2) is 13.8 Å². The highest BCUT2D eigenvalue weighted by molar-refractivity contribution is 7.18. The summed E-state index contributed by atoms with van der Waals surface area (Å²) in [5, 5.41) is 3.54. The zero-order valence-corrected chi connectivity index (χ0v) is 11.8. The van der Waals surface area contributed by atoms with E-state index in [2.05, 4.69) is 15.3 Å². The first kappa shape index (κ1) is 13.2. The van der Waals surface area contributed by atoms with Crippen LogP contribution in [0.2, 0.25) is 5.28 Å². The summed E-state index contributed by atoms with van der Waals surface area (Å²) in [7, 11) is 0. The second-order valence-corrected chi connectivity index (χ2v) is 5.72. The number of halogens is 3. The largest absolute Gasteiger partial charge is 0.337 e. The average Bonchev–Trinajstić information content (AvgIpc) is 2.75. The van der Waals surface area contributed by atoms with Gasteiger partial charge in [-0.1, -0.05) is 6.07 Å². The number of nitrogens with zero attached hydrogens (tertiary/aromatic N) is 2. The van der Waals surface area contributed by atoms with Crippen molar-refractivity contribution in [3.05, 3.63) is 46.1 Å². The van der Waals surface area contributed by atoms with Crippen LogP contribution in [0.4, 0.5) is 20.3 Å². The van der Waals surface area contributed by atoms with Crippen LogP contribution >= 0.6 is 22.9 Å². The Labute approximate surface area is 122 Å². The molecule has 20 heavy (non-hydrogen) atoms. The zero-order chi connectivity index (χ0) is 14.3. The summed E-state index contributed by atoms with van der Waals surface area (Å²) in [4.78, 5) is 9.87. The minimum atomic E-state index is -0.956. The van der Waals surface area contributed by atoms with E-state index in [0.717, 1.165) is 16.3 Å². The lowest BCUT2D eigenvalue weighted by molar-refractivity contribution is 0.512. The fourth-order valence-electron chi connectivity index (χ4n) is 1.84. The van der Waals surface area contributed by atoms with E-state index in [0.29, 0.717) is 10.6 Å². The highest BCUT2D eigenvalue weighted by Crippen LogP contribution is 2.32. The number of aromatic nitrogens is 2. The fourth-order valence-corrected chi connectivity index (χ4v) is 2.94. The number of anilines is 2. The van der Waals surface area contributed by atoms with E-state index in [-0.39, 0.29) is 11.0 Å². The molecule has 0 unspecified atom stereocenters. The van der Waals surface area contributed by atoms with Gasteiger partial charge in [0.2, 0.25) is 5.28 Å². The Morgan fingerprint density at radius 1 is 1.25 bits per heavy atom. The molecular formula is C13H8ClF2N3S. The minimum absolute atomic E-state index is 0.00456. The Bertz CT molecular complexity index is 804. The Hall–Kier alpha value is -1.79. The maximum absolute atomic E-state index is 13.7. The SMILES string of the molecule is Cc1cc2c(Nc3cccc(F)c3F)nc(Cl)nc2s1. The van der Waals surface area contributed by atoms with Crippen LogP contribution in [0.1, 0.15) is 4.88 Å². The molecule has 0 atom stereocenters. The number of benzene rings is 1. The second-order valence-electron chi connectivity index (χ2n) is 4.14. The van der Waals surface area contributed by atoms with Gasteiger partial charge in [0.15, 0.2) is 11.6 Å². The molecule has 3 nitrogen and oxygen atoms in total. The number of fused-ring (bicyclic) bond motifs is 1. The highest BCUT2D eigenvalue weighted by atomic mass is 35.5. The lowest BCUT2D eigenvalue weighted by Crippen LogP contribution is -1.99. The van der Waals surface area contributed by atoms with Crippen LogP contribution in [0.3, 0.4) is 0 Å². The summed E-state index contributed by atoms with van der Waals surface area (Å²) in [6, 6.07) is 5.77. The van der Waals surface area contributed by atoms with Gasteiger partial charge >= 0.3 is 0 Å². The lowest BCUT2D eigenvalue weighted by atomic mass is 10.2. The van der Waals surface area contributed by atoms with Gasteiger partial charge in [-0.3, -0.25) is 0 Å². The molecule has 0 aliphatic rings. The highest BCUT2D eigenvalue weighted by Gasteiger charge is 2.13. The summed E-state index contributed by atoms with van der Waals surface area (Å²) >= 11 is 7.30. The van der Waals surface area contributed by atoms with Gasteiger partial charge in [-0.05, 0) is 36.7 Å². The first-order chi connectivity index (χ1) is 9.54. The van der Waals surface area contributed by atoms with Gasteiger partial charge in [0, 0.05) is 4.88 Å². The molecule has 0 saturated carbocycles. The Kier molecular flexibility index (Phi) is 3.27. The van der Waals surface area contributed by atoms with Gasteiger partial charge in [0.05, 0.1) is 11.1 Å². The Morgan fingerprint density at radius 3 is 2.85 bits per heavy atom. The number of aryl methyl sites for hydroxylation is 1. The van der Waals surface area contributed by atoms with Crippen LogP contribution < -0.4 is 5.32 Å². The Balaban J connectivity index is 2.12. The third-order valence-corrected chi connectivity index (χ3v) is 3.81. The van der Waals surface area contributed by atoms with Crippen molar-refractivity contribution < 1.29 is 8.78 Å². The zero-order valence-electron chi connectivity index (χ0n) is 10.2. The molecule has 2 aromatic heterocycles. The van der Waals surface area contributed by atoms with Crippen molar-refractivity contribution in [1.82, 2.24) is 9.97 Å². The number of hydrogen-bond donors (Lipinski definition) is 1. The lowest BCUT2D eigenvalue weighted by Gasteiger charge is -2.08. The molecule has 1 N–H and O–H groups in total. The van der Waals surface area contributed by atoms with E-state index in [1.165, 1.54) is 23.5 Å². The van der Waals surface area contributed by atoms with E-state index < -0.39 is 11.6 Å². The van der Waals surface area contributed by atoms with Gasteiger partial charge in [-0.2, -0.15) is 4.98 Å². The molecule has 0 spiro atoms. The standard InChI is InChI=1S/C13H8ClF2N3S/c1-6-5-7-11(18-13(14)19-12(7)20-6)17-9-4-2-3-8(15)10(9)16/h2-5H,1H3,(H,17,18,19). The van der Waals surface area contributed by atoms with Gasteiger partial charge < -0.3 is 5.32 Å². The van der Waals surface area contributed by atoms with E-state index in [1.54, 1.807) is 0 Å². The van der Waals surface area contributed by atoms with Crippen LogP contribution in [0.5, 0.6) is 0 Å². The molecule has 0 aliphatic heterocycles. The molecule has 2 heterocycles. The molecule has 0 radical (unpaired) electrons. The molecule has 0 saturated heterocycles. The first-order valence-electron chi connectivity index (χ1n) is 5.69. The summed E-state index contributed by atoms with van der Waals surface area (Å²) in [6.07, 6.45) is 0. The topological polar surface area (TPSA) is 37.8 Å². The monoisotopic (exact) mass is 311 g/mol. The molecule has 3 rings (SSSR count). The summed E-state index contributed by atoms with van der Waals surface area (Å²) in [5.41, 5.74) is 0.00456. The molecule has 0 fully saturated rings. The normalized spacial score (nSPS) is 11.0. The van der Waals surface area contributed by atoms with Gasteiger partial charge in [0.1, 0.15) is 10.6 Å². The van der Waals surface area contributed by atoms with E-state index in [9.17, 15) is 8.78 Å². The first-order valence-corrected chi connectivity index (χ1v) is 6.89. The molecule has 0 amide bonds. The number of nitrogens with one attached hydrogen (secondary N) is 1. The molecule has 0 aliphatic carbocycles. The fraction of sp³-hybridized carbons (Fsp3) is 0.0769. The van der Waals surface area contributed by atoms with Crippen molar-refractivity contribution in [2.75, 3.05) is 5.32 Å². The van der Waals surface area contributed by atoms with Crippen molar-refractivity contribution >= 4 is 44.7 Å². The third-order valence-electron chi connectivity index (χ3n) is 2.69. The van der Waals surface area contributed by atoms with Crippen LogP contribution in [0, 0.1) is 18.6 Å². The molecule has 1 aromatic carbocycles. The number of hydrogen-bond acceptors (Lipinski definition) is 4. The van der Waals surface area contributed by atoms with Crippen LogP contribution in [0.15, 0.2) is 24.3 Å². The van der Waals surface area contributed by atoms with Crippen LogP contribution in [-0.4, -0.2) is 9.97 Å². The van der Waals surface area contributed by atoms with Gasteiger partial charge in [-0.15, -0.1) is 11.3 Å². The minimum Gasteiger partial charge on any atom is -0.337 e. The van der Waals surface area contributed by atoms with E-state index >= 15 is 0 Å². The van der Waals surface area contributed by atoms with Crippen molar-refractivity contribution in [2.45, 2.75) is 6.92 Å². The van der Waals surface area contributed by atoms with Crippen molar-refractivity contribution in [3.63, 3.8) is 0 Å². The molecule has 3 aromatic rings. The van der Waals surface area contributed by atoms with Crippen LogP contribution in [-0.2, 0) is 0 Å². The van der Waals surface area contributed by atoms with Crippen molar-refractivity contribution in [2.24, 2.45) is 0 Å². The maximum Gasteiger partial charge on any atom is 0.225 e. The van der Waals surface area contributed by atoms with Crippen molar-refractivity contribution in [1.29, 1.82) is 0 Å². The smallest absolute Gasteiger partial charge is 0.225 e.